The molecule has 5 rings (SSSR count). The number of aromatic nitrogens is 3. The topological polar surface area (TPSA) is 79.6 Å². The number of nitrogens with zero attached hydrogens (tertiary/aromatic N) is 4. The second-order valence-electron chi connectivity index (χ2n) is 8.93. The van der Waals surface area contributed by atoms with Crippen LogP contribution >= 0.6 is 15.9 Å². The van der Waals surface area contributed by atoms with Crippen LogP contribution in [0.2, 0.25) is 0 Å². The highest BCUT2D eigenvalue weighted by Crippen LogP contribution is 2.29. The van der Waals surface area contributed by atoms with E-state index in [9.17, 15) is 17.2 Å². The molecule has 0 bridgehead atoms. The molecule has 0 radical (unpaired) electrons. The largest absolute Gasteiger partial charge is 0.370 e. The van der Waals surface area contributed by atoms with Gasteiger partial charge in [0.25, 0.3) is 0 Å². The number of hydrogen-bond donors (Lipinski definition) is 1. The molecule has 1 aliphatic heterocycles. The summed E-state index contributed by atoms with van der Waals surface area (Å²) in [5.41, 5.74) is 3.57. The number of nitrogens with one attached hydrogen (secondary N) is 1. The van der Waals surface area contributed by atoms with Gasteiger partial charge in [0, 0.05) is 37.3 Å². The van der Waals surface area contributed by atoms with Crippen molar-refractivity contribution >= 4 is 37.4 Å². The molecule has 1 unspecified atom stereocenters. The van der Waals surface area contributed by atoms with Crippen molar-refractivity contribution in [3.8, 4) is 11.3 Å². The third-order valence-electron chi connectivity index (χ3n) is 6.38. The molecule has 2 aromatic heterocycles. The van der Waals surface area contributed by atoms with Crippen LogP contribution < -0.4 is 5.32 Å². The van der Waals surface area contributed by atoms with Crippen LogP contribution in [0, 0.1) is 24.5 Å². The summed E-state index contributed by atoms with van der Waals surface area (Å²) in [6, 6.07) is 12.3. The molecule has 1 saturated heterocycles. The Balaban J connectivity index is 0.00000164. The van der Waals surface area contributed by atoms with Gasteiger partial charge in [-0.1, -0.05) is 38.1 Å². The van der Waals surface area contributed by atoms with Gasteiger partial charge in [-0.3, -0.25) is 0 Å². The number of hydrogen-bond acceptors (Lipinski definition) is 5. The van der Waals surface area contributed by atoms with Gasteiger partial charge >= 0.3 is 0 Å². The predicted molar refractivity (Wildman–Crippen MR) is 149 cm³/mol. The van der Waals surface area contributed by atoms with Crippen molar-refractivity contribution in [3.05, 3.63) is 76.4 Å². The van der Waals surface area contributed by atoms with Gasteiger partial charge in [-0.2, -0.15) is 13.9 Å². The van der Waals surface area contributed by atoms with Crippen LogP contribution in [0.25, 0.3) is 16.9 Å². The summed E-state index contributed by atoms with van der Waals surface area (Å²) in [6.07, 6.45) is 3.15. The number of fused-ring (bicyclic) bond motifs is 1. The van der Waals surface area contributed by atoms with Crippen molar-refractivity contribution in [1.82, 2.24) is 18.9 Å². The Bertz CT molecular complexity index is 1520. The van der Waals surface area contributed by atoms with E-state index >= 15 is 0 Å². The van der Waals surface area contributed by atoms with Crippen LogP contribution in [0.15, 0.2) is 64.1 Å². The number of benzene rings is 2. The summed E-state index contributed by atoms with van der Waals surface area (Å²) in [5.74, 6) is -1.10. The van der Waals surface area contributed by atoms with Crippen molar-refractivity contribution in [3.63, 3.8) is 0 Å². The highest BCUT2D eigenvalue weighted by atomic mass is 79.9. The van der Waals surface area contributed by atoms with E-state index in [1.807, 2.05) is 51.1 Å². The van der Waals surface area contributed by atoms with E-state index in [-0.39, 0.29) is 17.4 Å². The van der Waals surface area contributed by atoms with E-state index in [1.165, 1.54) is 4.31 Å². The molecule has 1 fully saturated rings. The summed E-state index contributed by atoms with van der Waals surface area (Å²) < 4.78 is 57.3. The van der Waals surface area contributed by atoms with E-state index in [4.69, 9.17) is 4.98 Å². The summed E-state index contributed by atoms with van der Waals surface area (Å²) >= 11 is 3.52. The van der Waals surface area contributed by atoms with Crippen LogP contribution in [-0.4, -0.2) is 47.0 Å². The van der Waals surface area contributed by atoms with Crippen LogP contribution in [-0.2, 0) is 10.0 Å². The number of aryl methyl sites for hydroxylation is 1. The smallest absolute Gasteiger partial charge is 0.243 e. The first-order valence-electron chi connectivity index (χ1n) is 12.5. The first kappa shape index (κ1) is 28.1. The zero-order chi connectivity index (χ0) is 27.4. The van der Waals surface area contributed by atoms with Crippen molar-refractivity contribution in [1.29, 1.82) is 0 Å². The van der Waals surface area contributed by atoms with E-state index in [1.54, 1.807) is 10.7 Å². The molecule has 202 valence electrons. The fraction of sp³-hybridized carbons (Fsp3) is 0.333. The second kappa shape index (κ2) is 11.9. The molecular weight excluding hydrogens is 576 g/mol. The number of anilines is 1. The minimum Gasteiger partial charge on any atom is -0.370 e. The van der Waals surface area contributed by atoms with Crippen LogP contribution in [0.5, 0.6) is 0 Å². The monoisotopic (exact) mass is 605 g/mol. The summed E-state index contributed by atoms with van der Waals surface area (Å²) in [4.78, 5) is 4.41. The van der Waals surface area contributed by atoms with E-state index in [0.717, 1.165) is 45.7 Å². The van der Waals surface area contributed by atoms with Crippen molar-refractivity contribution in [2.75, 3.05) is 25.0 Å². The zero-order valence-electron chi connectivity index (χ0n) is 21.5. The predicted octanol–water partition coefficient (Wildman–Crippen LogP) is 6.28. The lowest BCUT2D eigenvalue weighted by Crippen LogP contribution is -2.41. The summed E-state index contributed by atoms with van der Waals surface area (Å²) in [7, 11) is -4.01. The normalized spacial score (nSPS) is 16.2. The van der Waals surface area contributed by atoms with Gasteiger partial charge in [0.1, 0.15) is 17.5 Å². The van der Waals surface area contributed by atoms with Gasteiger partial charge in [0.2, 0.25) is 10.0 Å². The Morgan fingerprint density at radius 2 is 1.82 bits per heavy atom. The maximum Gasteiger partial charge on any atom is 0.243 e. The van der Waals surface area contributed by atoms with E-state index < -0.39 is 21.7 Å². The second-order valence-corrected chi connectivity index (χ2v) is 11.7. The van der Waals surface area contributed by atoms with E-state index in [0.29, 0.717) is 31.2 Å². The molecule has 4 aromatic rings. The van der Waals surface area contributed by atoms with Crippen LogP contribution in [0.1, 0.15) is 32.3 Å². The average Bonchev–Trinajstić information content (AvgIpc) is 3.29. The van der Waals surface area contributed by atoms with Crippen LogP contribution in [0.4, 0.5) is 14.6 Å². The van der Waals surface area contributed by atoms with Gasteiger partial charge < -0.3 is 5.32 Å². The van der Waals surface area contributed by atoms with Gasteiger partial charge in [0.05, 0.1) is 21.3 Å². The molecule has 0 saturated carbocycles. The lowest BCUT2D eigenvalue weighted by molar-refractivity contribution is 0.275. The Morgan fingerprint density at radius 3 is 2.53 bits per heavy atom. The molecule has 0 amide bonds. The SMILES string of the molecule is CC.Cc1ccccc1-c1cc(NCC2CCCN(S(=O)(=O)c3cc(F)cc(F)c3)C2)n2ncc(Br)c2n1. The lowest BCUT2D eigenvalue weighted by Gasteiger charge is -2.32. The molecule has 0 spiro atoms. The standard InChI is InChI=1S/C25H24BrF2N5O2S.C2H6/c1-16-5-2-3-7-21(16)23-12-24(33-25(31-23)22(26)14-30-33)29-13-17-6-4-8-32(15-17)36(34,35)20-10-18(27)9-19(28)11-20;1-2/h2-3,5,7,9-12,14,17,29H,4,6,8,13,15H2,1H3;1-2H3. The molecule has 11 heteroatoms. The molecule has 2 aromatic carbocycles. The van der Waals surface area contributed by atoms with Gasteiger partial charge in [0.15, 0.2) is 5.65 Å². The Morgan fingerprint density at radius 1 is 1.11 bits per heavy atom. The zero-order valence-corrected chi connectivity index (χ0v) is 23.9. The fourth-order valence-electron chi connectivity index (χ4n) is 4.55. The highest BCUT2D eigenvalue weighted by molar-refractivity contribution is 9.10. The van der Waals surface area contributed by atoms with Crippen LogP contribution in [0.3, 0.4) is 0 Å². The quantitative estimate of drug-likeness (QED) is 0.280. The molecule has 1 N–H and O–H groups in total. The minimum absolute atomic E-state index is 0.00365. The number of sulfonamides is 1. The molecule has 38 heavy (non-hydrogen) atoms. The molecule has 7 nitrogen and oxygen atoms in total. The van der Waals surface area contributed by atoms with Gasteiger partial charge in [-0.05, 0) is 59.3 Å². The first-order valence-corrected chi connectivity index (χ1v) is 14.8. The lowest BCUT2D eigenvalue weighted by atomic mass is 10.00. The molecule has 0 aliphatic carbocycles. The molecule has 1 aliphatic rings. The third-order valence-corrected chi connectivity index (χ3v) is 8.78. The Kier molecular flexibility index (Phi) is 8.79. The van der Waals surface area contributed by atoms with Gasteiger partial charge in [-0.15, -0.1) is 0 Å². The third kappa shape index (κ3) is 5.89. The Labute approximate surface area is 230 Å². The average molecular weight is 607 g/mol. The maximum atomic E-state index is 13.7. The first-order chi connectivity index (χ1) is 18.2. The Hall–Kier alpha value is -2.89. The number of piperidine rings is 1. The van der Waals surface area contributed by atoms with Crippen molar-refractivity contribution in [2.24, 2.45) is 5.92 Å². The van der Waals surface area contributed by atoms with Gasteiger partial charge in [-0.25, -0.2) is 22.2 Å². The number of rotatable bonds is 6. The number of halogens is 3. The summed E-state index contributed by atoms with van der Waals surface area (Å²) in [5, 5.41) is 7.85. The maximum absolute atomic E-state index is 13.7. The highest BCUT2D eigenvalue weighted by Gasteiger charge is 2.31. The summed E-state index contributed by atoms with van der Waals surface area (Å²) in [6.45, 7) is 7.07. The molecule has 3 heterocycles. The molecule has 1 atom stereocenters. The van der Waals surface area contributed by atoms with Crippen molar-refractivity contribution in [2.45, 2.75) is 38.5 Å². The van der Waals surface area contributed by atoms with E-state index in [2.05, 4.69) is 26.3 Å². The minimum atomic E-state index is -4.01. The van der Waals surface area contributed by atoms with Crippen molar-refractivity contribution < 1.29 is 17.2 Å². The fourth-order valence-corrected chi connectivity index (χ4v) is 6.49. The molecular formula is C27H30BrF2N5O2S.